The second-order valence-corrected chi connectivity index (χ2v) is 6.68. The lowest BCUT2D eigenvalue weighted by atomic mass is 10.2. The predicted octanol–water partition coefficient (Wildman–Crippen LogP) is 2.19. The van der Waals surface area contributed by atoms with Crippen molar-refractivity contribution in [3.05, 3.63) is 27.7 Å². The first-order chi connectivity index (χ1) is 9.42. The number of ether oxygens (including phenoxy) is 1. The molecule has 0 saturated heterocycles. The Kier molecular flexibility index (Phi) is 7.22. The average molecular weight is 342 g/mol. The molecule has 5 nitrogen and oxygen atoms in total. The van der Waals surface area contributed by atoms with Crippen molar-refractivity contribution in [2.75, 3.05) is 20.3 Å². The van der Waals surface area contributed by atoms with Gasteiger partial charge in [-0.1, -0.05) is 23.2 Å². The highest BCUT2D eigenvalue weighted by molar-refractivity contribution is 7.89. The minimum Gasteiger partial charge on any atom is -0.392 e. The van der Waals surface area contributed by atoms with Gasteiger partial charge in [-0.3, -0.25) is 0 Å². The lowest BCUT2D eigenvalue weighted by Gasteiger charge is -2.10. The monoisotopic (exact) mass is 341 g/mol. The highest BCUT2D eigenvalue weighted by Crippen LogP contribution is 2.28. The normalized spacial score (nSPS) is 11.8. The number of hydrogen-bond donors (Lipinski definition) is 2. The molecule has 0 spiro atoms. The van der Waals surface area contributed by atoms with Crippen LogP contribution in [-0.4, -0.2) is 33.8 Å². The number of methoxy groups -OCH3 is 1. The summed E-state index contributed by atoms with van der Waals surface area (Å²) >= 11 is 11.7. The van der Waals surface area contributed by atoms with Crippen LogP contribution < -0.4 is 4.72 Å². The van der Waals surface area contributed by atoms with Crippen LogP contribution in [0.5, 0.6) is 0 Å². The van der Waals surface area contributed by atoms with E-state index in [9.17, 15) is 8.42 Å². The van der Waals surface area contributed by atoms with Crippen molar-refractivity contribution < 1.29 is 18.3 Å². The smallest absolute Gasteiger partial charge is 0.242 e. The van der Waals surface area contributed by atoms with Crippen LogP contribution in [0.1, 0.15) is 18.4 Å². The summed E-state index contributed by atoms with van der Waals surface area (Å²) in [5.74, 6) is 0. The summed E-state index contributed by atoms with van der Waals surface area (Å²) in [4.78, 5) is -0.0839. The van der Waals surface area contributed by atoms with Gasteiger partial charge in [0.2, 0.25) is 10.0 Å². The van der Waals surface area contributed by atoms with Crippen LogP contribution in [0, 0.1) is 0 Å². The van der Waals surface area contributed by atoms with E-state index in [1.54, 1.807) is 7.11 Å². The van der Waals surface area contributed by atoms with E-state index in [0.717, 1.165) is 6.42 Å². The lowest BCUT2D eigenvalue weighted by Crippen LogP contribution is -2.25. The molecule has 0 heterocycles. The van der Waals surface area contributed by atoms with Gasteiger partial charge in [-0.05, 0) is 30.5 Å². The number of unbranched alkanes of at least 4 members (excludes halogenated alkanes) is 1. The van der Waals surface area contributed by atoms with Gasteiger partial charge in [0.15, 0.2) is 0 Å². The second-order valence-electron chi connectivity index (χ2n) is 4.13. The van der Waals surface area contributed by atoms with Crippen molar-refractivity contribution in [2.45, 2.75) is 24.3 Å². The van der Waals surface area contributed by atoms with Crippen LogP contribution >= 0.6 is 23.2 Å². The fourth-order valence-electron chi connectivity index (χ4n) is 1.55. The Morgan fingerprint density at radius 2 is 1.95 bits per heavy atom. The predicted molar refractivity (Wildman–Crippen MR) is 78.7 cm³/mol. The van der Waals surface area contributed by atoms with E-state index in [0.29, 0.717) is 25.1 Å². The molecule has 2 N–H and O–H groups in total. The molecule has 20 heavy (non-hydrogen) atoms. The molecule has 0 bridgehead atoms. The lowest BCUT2D eigenvalue weighted by molar-refractivity contribution is 0.193. The van der Waals surface area contributed by atoms with E-state index < -0.39 is 10.0 Å². The Labute approximate surface area is 128 Å². The number of hydrogen-bond acceptors (Lipinski definition) is 4. The summed E-state index contributed by atoms with van der Waals surface area (Å²) in [6, 6.07) is 2.59. The van der Waals surface area contributed by atoms with Crippen LogP contribution in [0.25, 0.3) is 0 Å². The van der Waals surface area contributed by atoms with E-state index in [4.69, 9.17) is 33.0 Å². The van der Waals surface area contributed by atoms with Crippen LogP contribution in [0.15, 0.2) is 17.0 Å². The van der Waals surface area contributed by atoms with Gasteiger partial charge in [-0.25, -0.2) is 13.1 Å². The molecule has 0 aliphatic carbocycles. The van der Waals surface area contributed by atoms with E-state index in [1.807, 2.05) is 0 Å². The van der Waals surface area contributed by atoms with E-state index in [-0.39, 0.29) is 21.5 Å². The summed E-state index contributed by atoms with van der Waals surface area (Å²) in [6.07, 6.45) is 1.42. The summed E-state index contributed by atoms with van der Waals surface area (Å²) < 4.78 is 31.6. The molecule has 1 aromatic carbocycles. The van der Waals surface area contributed by atoms with Gasteiger partial charge in [-0.15, -0.1) is 0 Å². The molecule has 0 amide bonds. The number of aliphatic hydroxyl groups is 1. The zero-order chi connectivity index (χ0) is 15.2. The molecule has 1 aromatic rings. The molecule has 114 valence electrons. The largest absolute Gasteiger partial charge is 0.392 e. The van der Waals surface area contributed by atoms with Crippen LogP contribution in [-0.2, 0) is 21.4 Å². The maximum absolute atomic E-state index is 12.1. The van der Waals surface area contributed by atoms with Crippen LogP contribution in [0.2, 0.25) is 10.0 Å². The fourth-order valence-corrected chi connectivity index (χ4v) is 3.48. The molecule has 8 heteroatoms. The molecular weight excluding hydrogens is 325 g/mol. The highest BCUT2D eigenvalue weighted by Gasteiger charge is 2.19. The third-order valence-corrected chi connectivity index (χ3v) is 4.91. The molecule has 0 radical (unpaired) electrons. The molecule has 0 aliphatic rings. The number of rotatable bonds is 8. The molecule has 1 rings (SSSR count). The zero-order valence-corrected chi connectivity index (χ0v) is 13.4. The first-order valence-corrected chi connectivity index (χ1v) is 8.23. The number of sulfonamides is 1. The van der Waals surface area contributed by atoms with Gasteiger partial charge < -0.3 is 9.84 Å². The van der Waals surface area contributed by atoms with Crippen LogP contribution in [0.3, 0.4) is 0 Å². The Bertz CT molecular complexity index is 549. The molecule has 0 unspecified atom stereocenters. The topological polar surface area (TPSA) is 75.6 Å². The first-order valence-electron chi connectivity index (χ1n) is 5.99. The first kappa shape index (κ1) is 17.7. The molecule has 0 atom stereocenters. The minimum absolute atomic E-state index is 0.0246. The maximum Gasteiger partial charge on any atom is 0.242 e. The molecule has 0 aromatic heterocycles. The van der Waals surface area contributed by atoms with Crippen molar-refractivity contribution in [3.8, 4) is 0 Å². The number of benzene rings is 1. The van der Waals surface area contributed by atoms with Crippen molar-refractivity contribution in [3.63, 3.8) is 0 Å². The van der Waals surface area contributed by atoms with Gasteiger partial charge in [0.05, 0.1) is 11.6 Å². The van der Waals surface area contributed by atoms with Gasteiger partial charge in [0, 0.05) is 25.3 Å². The van der Waals surface area contributed by atoms with Gasteiger partial charge in [0.1, 0.15) is 4.90 Å². The molecular formula is C12H17Cl2NO4S. The van der Waals surface area contributed by atoms with Crippen LogP contribution in [0.4, 0.5) is 0 Å². The molecule has 0 aliphatic heterocycles. The number of nitrogens with one attached hydrogen (secondary N) is 1. The Balaban J connectivity index is 2.82. The third kappa shape index (κ3) is 4.87. The highest BCUT2D eigenvalue weighted by atomic mass is 35.5. The Hall–Kier alpha value is -0.370. The standard InChI is InChI=1S/C12H17Cl2NO4S/c1-19-5-3-2-4-15-20(17,18)12-6-9(8-16)10(13)7-11(12)14/h6-7,15-16H,2-5,8H2,1H3. The SMILES string of the molecule is COCCCCNS(=O)(=O)c1cc(CO)c(Cl)cc1Cl. The quantitative estimate of drug-likeness (QED) is 0.710. The Morgan fingerprint density at radius 3 is 2.55 bits per heavy atom. The second kappa shape index (κ2) is 8.17. The molecule has 0 fully saturated rings. The summed E-state index contributed by atoms with van der Waals surface area (Å²) in [7, 11) is -2.13. The van der Waals surface area contributed by atoms with Gasteiger partial charge in [-0.2, -0.15) is 0 Å². The van der Waals surface area contributed by atoms with Crippen molar-refractivity contribution in [2.24, 2.45) is 0 Å². The van der Waals surface area contributed by atoms with Gasteiger partial charge >= 0.3 is 0 Å². The zero-order valence-electron chi connectivity index (χ0n) is 11.0. The van der Waals surface area contributed by atoms with E-state index >= 15 is 0 Å². The van der Waals surface area contributed by atoms with Crippen molar-refractivity contribution in [1.29, 1.82) is 0 Å². The third-order valence-electron chi connectivity index (χ3n) is 2.63. The summed E-state index contributed by atoms with van der Waals surface area (Å²) in [6.45, 7) is 0.517. The van der Waals surface area contributed by atoms with Gasteiger partial charge in [0.25, 0.3) is 0 Å². The van der Waals surface area contributed by atoms with Crippen molar-refractivity contribution in [1.82, 2.24) is 4.72 Å². The van der Waals surface area contributed by atoms with E-state index in [1.165, 1.54) is 12.1 Å². The maximum atomic E-state index is 12.1. The number of aliphatic hydroxyl groups excluding tert-OH is 1. The van der Waals surface area contributed by atoms with Crippen molar-refractivity contribution >= 4 is 33.2 Å². The average Bonchev–Trinajstić information content (AvgIpc) is 2.38. The molecule has 0 saturated carbocycles. The summed E-state index contributed by atoms with van der Waals surface area (Å²) in [5, 5.41) is 9.37. The fraction of sp³-hybridized carbons (Fsp3) is 0.500. The number of halogens is 2. The minimum atomic E-state index is -3.72. The van der Waals surface area contributed by atoms with E-state index in [2.05, 4.69) is 4.72 Å². The summed E-state index contributed by atoms with van der Waals surface area (Å²) in [5.41, 5.74) is 0.316. The Morgan fingerprint density at radius 1 is 1.25 bits per heavy atom.